The number of hydrogen-bond donors (Lipinski definition) is 0. The zero-order chi connectivity index (χ0) is 21.6. The third-order valence-corrected chi connectivity index (χ3v) is 6.14. The minimum Gasteiger partial charge on any atom is -0.205 e. The summed E-state index contributed by atoms with van der Waals surface area (Å²) in [7, 11) is 0. The number of rotatable bonds is 7. The molecule has 0 aliphatic heterocycles. The minimum absolute atomic E-state index is 0.175. The van der Waals surface area contributed by atoms with E-state index < -0.39 is 0 Å². The van der Waals surface area contributed by atoms with Crippen molar-refractivity contribution in [2.75, 3.05) is 0 Å². The van der Waals surface area contributed by atoms with Gasteiger partial charge in [0.15, 0.2) is 0 Å². The highest BCUT2D eigenvalue weighted by Gasteiger charge is 2.07. The highest BCUT2D eigenvalue weighted by molar-refractivity contribution is 6.30. The van der Waals surface area contributed by atoms with E-state index in [-0.39, 0.29) is 10.8 Å². The summed E-state index contributed by atoms with van der Waals surface area (Å²) in [5.41, 5.74) is 7.38. The Kier molecular flexibility index (Phi) is 6.84. The van der Waals surface area contributed by atoms with Crippen LogP contribution >= 0.6 is 11.6 Å². The van der Waals surface area contributed by atoms with Gasteiger partial charge >= 0.3 is 0 Å². The van der Waals surface area contributed by atoms with Crippen molar-refractivity contribution in [3.8, 4) is 11.1 Å². The zero-order valence-corrected chi connectivity index (χ0v) is 18.4. The van der Waals surface area contributed by atoms with E-state index in [4.69, 9.17) is 11.6 Å². The molecule has 0 fully saturated rings. The molecule has 4 aromatic rings. The average Bonchev–Trinajstić information content (AvgIpc) is 2.81. The first-order valence-electron chi connectivity index (χ1n) is 10.8. The third-order valence-electron chi connectivity index (χ3n) is 5.84. The van der Waals surface area contributed by atoms with Crippen molar-refractivity contribution in [1.29, 1.82) is 0 Å². The maximum absolute atomic E-state index is 13.6. The predicted molar refractivity (Wildman–Crippen MR) is 129 cm³/mol. The number of aryl methyl sites for hydroxylation is 2. The van der Waals surface area contributed by atoms with Crippen LogP contribution in [0.3, 0.4) is 0 Å². The summed E-state index contributed by atoms with van der Waals surface area (Å²) in [5, 5.41) is 0.175. The molecule has 0 heterocycles. The van der Waals surface area contributed by atoms with Gasteiger partial charge in [0.05, 0.1) is 5.02 Å². The predicted octanol–water partition coefficient (Wildman–Crippen LogP) is 8.28. The Bertz CT molecular complexity index is 1120. The first-order valence-corrected chi connectivity index (χ1v) is 11.1. The monoisotopic (exact) mass is 428 g/mol. The van der Waals surface area contributed by atoms with E-state index in [1.165, 1.54) is 33.9 Å². The number of halogens is 2. The van der Waals surface area contributed by atoms with Gasteiger partial charge in [-0.25, -0.2) is 4.39 Å². The van der Waals surface area contributed by atoms with E-state index in [0.717, 1.165) is 24.8 Å². The van der Waals surface area contributed by atoms with Gasteiger partial charge in [0.1, 0.15) is 5.82 Å². The fourth-order valence-electron chi connectivity index (χ4n) is 3.93. The van der Waals surface area contributed by atoms with Crippen molar-refractivity contribution in [3.63, 3.8) is 0 Å². The summed E-state index contributed by atoms with van der Waals surface area (Å²) in [4.78, 5) is 0. The summed E-state index contributed by atoms with van der Waals surface area (Å²) in [6.07, 6.45) is 2.70. The minimum atomic E-state index is -0.351. The van der Waals surface area contributed by atoms with Crippen LogP contribution in [0.1, 0.15) is 35.1 Å². The van der Waals surface area contributed by atoms with Crippen molar-refractivity contribution in [1.82, 2.24) is 0 Å². The normalized spacial score (nSPS) is 12.0. The number of hydrogen-bond acceptors (Lipinski definition) is 0. The largest absolute Gasteiger partial charge is 0.205 e. The van der Waals surface area contributed by atoms with Crippen LogP contribution < -0.4 is 0 Å². The SMILES string of the molecule is C[C@H](Cc1ccc(-c2ccc(CCc3ccc(Cl)c(F)c3)cc2)cc1)c1ccccc1. The molecule has 4 aromatic carbocycles. The van der Waals surface area contributed by atoms with E-state index in [1.807, 2.05) is 6.07 Å². The quantitative estimate of drug-likeness (QED) is 0.278. The van der Waals surface area contributed by atoms with Gasteiger partial charge in [0, 0.05) is 0 Å². The van der Waals surface area contributed by atoms with Gasteiger partial charge in [-0.1, -0.05) is 103 Å². The fraction of sp³-hybridized carbons (Fsp3) is 0.172. The van der Waals surface area contributed by atoms with Crippen molar-refractivity contribution >= 4 is 11.6 Å². The average molecular weight is 429 g/mol. The van der Waals surface area contributed by atoms with E-state index in [1.54, 1.807) is 6.07 Å². The molecule has 0 unspecified atom stereocenters. The molecule has 0 saturated heterocycles. The van der Waals surface area contributed by atoms with Crippen LogP contribution in [0.25, 0.3) is 11.1 Å². The molecule has 0 bridgehead atoms. The summed E-state index contributed by atoms with van der Waals surface area (Å²) in [5.74, 6) is 0.150. The van der Waals surface area contributed by atoms with Crippen LogP contribution in [0.4, 0.5) is 4.39 Å². The van der Waals surface area contributed by atoms with Crippen LogP contribution in [0.5, 0.6) is 0 Å². The summed E-state index contributed by atoms with van der Waals surface area (Å²) < 4.78 is 13.6. The Morgan fingerprint density at radius 1 is 0.677 bits per heavy atom. The van der Waals surface area contributed by atoms with Crippen molar-refractivity contribution in [2.45, 2.75) is 32.1 Å². The lowest BCUT2D eigenvalue weighted by Gasteiger charge is -2.12. The van der Waals surface area contributed by atoms with Gasteiger partial charge < -0.3 is 0 Å². The molecule has 4 rings (SSSR count). The molecular weight excluding hydrogens is 403 g/mol. The molecule has 0 nitrogen and oxygen atoms in total. The Labute approximate surface area is 189 Å². The Hall–Kier alpha value is -2.90. The van der Waals surface area contributed by atoms with Crippen molar-refractivity contribution in [2.24, 2.45) is 0 Å². The molecule has 0 aliphatic rings. The lowest BCUT2D eigenvalue weighted by molar-refractivity contribution is 0.625. The molecule has 31 heavy (non-hydrogen) atoms. The van der Waals surface area contributed by atoms with E-state index in [2.05, 4.69) is 85.8 Å². The van der Waals surface area contributed by atoms with Gasteiger partial charge in [0.2, 0.25) is 0 Å². The molecule has 0 amide bonds. The van der Waals surface area contributed by atoms with Crippen LogP contribution in [-0.4, -0.2) is 0 Å². The second kappa shape index (κ2) is 9.94. The van der Waals surface area contributed by atoms with E-state index in [0.29, 0.717) is 5.92 Å². The molecule has 0 N–H and O–H groups in total. The zero-order valence-electron chi connectivity index (χ0n) is 17.7. The summed E-state index contributed by atoms with van der Waals surface area (Å²) in [6.45, 7) is 2.28. The van der Waals surface area contributed by atoms with Gasteiger partial charge in [-0.3, -0.25) is 0 Å². The first-order chi connectivity index (χ1) is 15.1. The highest BCUT2D eigenvalue weighted by atomic mass is 35.5. The van der Waals surface area contributed by atoms with Crippen molar-refractivity contribution < 1.29 is 4.39 Å². The van der Waals surface area contributed by atoms with Gasteiger partial charge in [-0.2, -0.15) is 0 Å². The Morgan fingerprint density at radius 2 is 1.23 bits per heavy atom. The Balaban J connectivity index is 1.36. The molecule has 0 radical (unpaired) electrons. The fourth-order valence-corrected chi connectivity index (χ4v) is 4.05. The maximum Gasteiger partial charge on any atom is 0.142 e. The molecule has 156 valence electrons. The molecule has 0 aliphatic carbocycles. The summed E-state index contributed by atoms with van der Waals surface area (Å²) in [6, 6.07) is 33.2. The Morgan fingerprint density at radius 3 is 1.84 bits per heavy atom. The molecule has 2 heteroatoms. The lowest BCUT2D eigenvalue weighted by atomic mass is 9.93. The highest BCUT2D eigenvalue weighted by Crippen LogP contribution is 2.24. The topological polar surface area (TPSA) is 0 Å². The maximum atomic E-state index is 13.6. The number of benzene rings is 4. The van der Waals surface area contributed by atoms with Gasteiger partial charge in [-0.05, 0) is 70.7 Å². The standard InChI is InChI=1S/C29H26ClF/c1-21(25-5-3-2-4-6-25)19-23-11-16-27(17-12-23)26-14-9-22(10-15-26)7-8-24-13-18-28(30)29(31)20-24/h2-6,9-18,20-21H,7-8,19H2,1H3/t21-/m1/s1. The first kappa shape index (κ1) is 21.3. The van der Waals surface area contributed by atoms with Crippen LogP contribution in [-0.2, 0) is 19.3 Å². The van der Waals surface area contributed by atoms with E-state index in [9.17, 15) is 4.39 Å². The van der Waals surface area contributed by atoms with Gasteiger partial charge in [0.25, 0.3) is 0 Å². The van der Waals surface area contributed by atoms with Crippen molar-refractivity contribution in [3.05, 3.63) is 130 Å². The molecule has 0 saturated carbocycles. The second-order valence-corrected chi connectivity index (χ2v) is 8.57. The van der Waals surface area contributed by atoms with Crippen LogP contribution in [0, 0.1) is 5.82 Å². The lowest BCUT2D eigenvalue weighted by Crippen LogP contribution is -1.98. The molecule has 1 atom stereocenters. The molecular formula is C29H26ClF. The van der Waals surface area contributed by atoms with Gasteiger partial charge in [-0.15, -0.1) is 0 Å². The summed E-state index contributed by atoms with van der Waals surface area (Å²) >= 11 is 5.76. The van der Waals surface area contributed by atoms with Crippen LogP contribution in [0.15, 0.2) is 97.1 Å². The van der Waals surface area contributed by atoms with Crippen LogP contribution in [0.2, 0.25) is 5.02 Å². The smallest absolute Gasteiger partial charge is 0.142 e. The third kappa shape index (κ3) is 5.62. The molecule has 0 aromatic heterocycles. The second-order valence-electron chi connectivity index (χ2n) is 8.16. The van der Waals surface area contributed by atoms with E-state index >= 15 is 0 Å². The molecule has 0 spiro atoms.